The molecule has 1 aliphatic rings. The summed E-state index contributed by atoms with van der Waals surface area (Å²) in [5.41, 5.74) is 0.687. The first-order valence-corrected chi connectivity index (χ1v) is 7.77. The van der Waals surface area contributed by atoms with Crippen LogP contribution in [0.4, 0.5) is 10.1 Å². The van der Waals surface area contributed by atoms with Crippen LogP contribution in [0.2, 0.25) is 5.02 Å². The van der Waals surface area contributed by atoms with Crippen molar-refractivity contribution in [3.05, 3.63) is 29.0 Å². The van der Waals surface area contributed by atoms with Gasteiger partial charge in [-0.05, 0) is 51.6 Å². The van der Waals surface area contributed by atoms with Crippen LogP contribution in [0, 0.1) is 5.82 Å². The largest absolute Gasteiger partial charge is 0.308 e. The zero-order valence-corrected chi connectivity index (χ0v) is 13.5. The fraction of sp³-hybridized carbons (Fsp3) is 0.562. The van der Waals surface area contributed by atoms with Crippen LogP contribution in [0.25, 0.3) is 0 Å². The van der Waals surface area contributed by atoms with E-state index in [1.54, 1.807) is 12.1 Å². The van der Waals surface area contributed by atoms with Crippen molar-refractivity contribution in [1.82, 2.24) is 4.90 Å². The van der Waals surface area contributed by atoms with Crippen molar-refractivity contribution in [3.8, 4) is 0 Å². The van der Waals surface area contributed by atoms with E-state index >= 15 is 0 Å². The summed E-state index contributed by atoms with van der Waals surface area (Å²) in [5, 5.41) is 0.0563. The standard InChI is InChI=1S/C16H22ClFN2O/c1-4-16(21)20(11-8-9-13(18)12(17)10-11)15-7-5-6-14(15)19(2)3/h8-10,14-15H,4-7H2,1-3H3. The number of likely N-dealkylation sites (N-methyl/N-ethyl adjacent to an activating group) is 1. The third-order valence-electron chi connectivity index (χ3n) is 4.19. The van der Waals surface area contributed by atoms with Gasteiger partial charge in [-0.1, -0.05) is 18.5 Å². The zero-order chi connectivity index (χ0) is 15.6. The molecule has 0 heterocycles. The number of anilines is 1. The predicted octanol–water partition coefficient (Wildman–Crippen LogP) is 3.70. The average molecular weight is 313 g/mol. The number of carbonyl (C=O) groups is 1. The highest BCUT2D eigenvalue weighted by molar-refractivity contribution is 6.31. The number of hydrogen-bond acceptors (Lipinski definition) is 2. The smallest absolute Gasteiger partial charge is 0.227 e. The first-order chi connectivity index (χ1) is 9.95. The topological polar surface area (TPSA) is 23.6 Å². The fourth-order valence-electron chi connectivity index (χ4n) is 3.15. The van der Waals surface area contributed by atoms with Gasteiger partial charge >= 0.3 is 0 Å². The Balaban J connectivity index is 2.38. The van der Waals surface area contributed by atoms with Crippen LogP contribution in [0.15, 0.2) is 18.2 Å². The second-order valence-corrected chi connectivity index (χ2v) is 6.15. The van der Waals surface area contributed by atoms with Crippen LogP contribution >= 0.6 is 11.6 Å². The van der Waals surface area contributed by atoms with E-state index < -0.39 is 5.82 Å². The lowest BCUT2D eigenvalue weighted by Crippen LogP contribution is -2.49. The third kappa shape index (κ3) is 3.38. The van der Waals surface area contributed by atoms with E-state index in [4.69, 9.17) is 11.6 Å². The molecular formula is C16H22ClFN2O. The van der Waals surface area contributed by atoms with Gasteiger partial charge in [-0.25, -0.2) is 4.39 Å². The molecule has 0 aliphatic heterocycles. The fourth-order valence-corrected chi connectivity index (χ4v) is 3.32. The van der Waals surface area contributed by atoms with Crippen molar-refractivity contribution < 1.29 is 9.18 Å². The number of nitrogens with zero attached hydrogens (tertiary/aromatic N) is 2. The van der Waals surface area contributed by atoms with Gasteiger partial charge in [-0.3, -0.25) is 4.79 Å². The Hall–Kier alpha value is -1.13. The Morgan fingerprint density at radius 3 is 2.57 bits per heavy atom. The SMILES string of the molecule is CCC(=O)N(c1ccc(F)c(Cl)c1)C1CCCC1N(C)C. The minimum Gasteiger partial charge on any atom is -0.308 e. The molecule has 0 radical (unpaired) electrons. The molecule has 3 nitrogen and oxygen atoms in total. The molecule has 0 bridgehead atoms. The van der Waals surface area contributed by atoms with E-state index in [0.717, 1.165) is 19.3 Å². The van der Waals surface area contributed by atoms with Gasteiger partial charge in [0.05, 0.1) is 11.1 Å². The number of hydrogen-bond donors (Lipinski definition) is 0. The molecule has 0 aromatic heterocycles. The lowest BCUT2D eigenvalue weighted by atomic mass is 10.1. The summed E-state index contributed by atoms with van der Waals surface area (Å²) >= 11 is 5.89. The first-order valence-electron chi connectivity index (χ1n) is 7.39. The van der Waals surface area contributed by atoms with Crippen molar-refractivity contribution in [3.63, 3.8) is 0 Å². The van der Waals surface area contributed by atoms with E-state index in [2.05, 4.69) is 4.90 Å². The highest BCUT2D eigenvalue weighted by Crippen LogP contribution is 2.33. The van der Waals surface area contributed by atoms with Gasteiger partial charge in [-0.2, -0.15) is 0 Å². The molecule has 2 unspecified atom stereocenters. The number of rotatable bonds is 4. The molecule has 1 amide bonds. The molecule has 116 valence electrons. The van der Waals surface area contributed by atoms with Crippen molar-refractivity contribution in [2.75, 3.05) is 19.0 Å². The van der Waals surface area contributed by atoms with Gasteiger partial charge in [0.2, 0.25) is 5.91 Å². The van der Waals surface area contributed by atoms with Crippen LogP contribution in [0.5, 0.6) is 0 Å². The molecule has 21 heavy (non-hydrogen) atoms. The summed E-state index contributed by atoms with van der Waals surface area (Å²) in [6, 6.07) is 4.96. The molecule has 1 fully saturated rings. The van der Waals surface area contributed by atoms with E-state index in [-0.39, 0.29) is 17.0 Å². The molecule has 1 saturated carbocycles. The van der Waals surface area contributed by atoms with Gasteiger partial charge in [-0.15, -0.1) is 0 Å². The lowest BCUT2D eigenvalue weighted by molar-refractivity contribution is -0.119. The first kappa shape index (κ1) is 16.2. The molecule has 0 saturated heterocycles. The number of halogens is 2. The average Bonchev–Trinajstić information content (AvgIpc) is 2.92. The quantitative estimate of drug-likeness (QED) is 0.846. The minimum absolute atomic E-state index is 0.0522. The summed E-state index contributed by atoms with van der Waals surface area (Å²) < 4.78 is 13.4. The van der Waals surface area contributed by atoms with Gasteiger partial charge in [0, 0.05) is 18.2 Å². The summed E-state index contributed by atoms with van der Waals surface area (Å²) in [6.07, 6.45) is 3.55. The lowest BCUT2D eigenvalue weighted by Gasteiger charge is -2.36. The normalized spacial score (nSPS) is 21.8. The molecule has 1 aliphatic carbocycles. The Labute approximate surface area is 130 Å². The molecule has 0 spiro atoms. The van der Waals surface area contributed by atoms with Crippen LogP contribution in [-0.2, 0) is 4.79 Å². The Bertz CT molecular complexity index is 521. The van der Waals surface area contributed by atoms with Gasteiger partial charge in [0.1, 0.15) is 5.82 Å². The van der Waals surface area contributed by atoms with E-state index in [9.17, 15) is 9.18 Å². The van der Waals surface area contributed by atoms with Crippen molar-refractivity contribution in [1.29, 1.82) is 0 Å². The Kier molecular flexibility index (Phi) is 5.22. The molecular weight excluding hydrogens is 291 g/mol. The second-order valence-electron chi connectivity index (χ2n) is 5.74. The molecule has 2 atom stereocenters. The highest BCUT2D eigenvalue weighted by atomic mass is 35.5. The van der Waals surface area contributed by atoms with Crippen LogP contribution < -0.4 is 4.90 Å². The molecule has 5 heteroatoms. The van der Waals surface area contributed by atoms with Crippen molar-refractivity contribution in [2.45, 2.75) is 44.7 Å². The van der Waals surface area contributed by atoms with Crippen molar-refractivity contribution in [2.24, 2.45) is 0 Å². The predicted molar refractivity (Wildman–Crippen MR) is 84.3 cm³/mol. The summed E-state index contributed by atoms with van der Waals surface area (Å²) in [6.45, 7) is 1.85. The summed E-state index contributed by atoms with van der Waals surface area (Å²) in [7, 11) is 4.07. The van der Waals surface area contributed by atoms with Gasteiger partial charge < -0.3 is 9.80 Å². The van der Waals surface area contributed by atoms with E-state index in [1.807, 2.05) is 25.9 Å². The Morgan fingerprint density at radius 1 is 1.33 bits per heavy atom. The summed E-state index contributed by atoms with van der Waals surface area (Å²) in [5.74, 6) is -0.406. The van der Waals surface area contributed by atoms with Crippen LogP contribution in [0.1, 0.15) is 32.6 Å². The van der Waals surface area contributed by atoms with E-state index in [0.29, 0.717) is 18.2 Å². The number of amides is 1. The third-order valence-corrected chi connectivity index (χ3v) is 4.48. The second kappa shape index (κ2) is 6.75. The maximum Gasteiger partial charge on any atom is 0.227 e. The zero-order valence-electron chi connectivity index (χ0n) is 12.8. The van der Waals surface area contributed by atoms with Gasteiger partial charge in [0.15, 0.2) is 0 Å². The molecule has 0 N–H and O–H groups in total. The maximum atomic E-state index is 13.4. The molecule has 1 aromatic carbocycles. The monoisotopic (exact) mass is 312 g/mol. The molecule has 2 rings (SSSR count). The molecule has 1 aromatic rings. The maximum absolute atomic E-state index is 13.4. The van der Waals surface area contributed by atoms with Gasteiger partial charge in [0.25, 0.3) is 0 Å². The Morgan fingerprint density at radius 2 is 2.00 bits per heavy atom. The van der Waals surface area contributed by atoms with E-state index in [1.165, 1.54) is 6.07 Å². The highest BCUT2D eigenvalue weighted by Gasteiger charge is 2.36. The number of benzene rings is 1. The summed E-state index contributed by atoms with van der Waals surface area (Å²) in [4.78, 5) is 16.4. The van der Waals surface area contributed by atoms with Crippen molar-refractivity contribution >= 4 is 23.2 Å². The number of carbonyl (C=O) groups excluding carboxylic acids is 1. The minimum atomic E-state index is -0.458. The van der Waals surface area contributed by atoms with Crippen LogP contribution in [-0.4, -0.2) is 37.0 Å². The van der Waals surface area contributed by atoms with Crippen LogP contribution in [0.3, 0.4) is 0 Å².